The van der Waals surface area contributed by atoms with E-state index in [4.69, 9.17) is 9.47 Å². The van der Waals surface area contributed by atoms with Crippen LogP contribution in [0.5, 0.6) is 11.5 Å². The minimum atomic E-state index is -0.441. The van der Waals surface area contributed by atoms with Crippen LogP contribution in [0.25, 0.3) is 0 Å². The summed E-state index contributed by atoms with van der Waals surface area (Å²) in [7, 11) is 0. The quantitative estimate of drug-likeness (QED) is 0.483. The van der Waals surface area contributed by atoms with Crippen LogP contribution in [-0.4, -0.2) is 11.9 Å². The molecule has 2 heterocycles. The van der Waals surface area contributed by atoms with Gasteiger partial charge in [-0.1, -0.05) is 51.0 Å². The van der Waals surface area contributed by atoms with E-state index in [0.29, 0.717) is 11.5 Å². The first-order valence-corrected chi connectivity index (χ1v) is 11.3. The van der Waals surface area contributed by atoms with Gasteiger partial charge in [-0.3, -0.25) is 9.59 Å². The number of carbonyl (C=O) groups excluding carboxylic acids is 2. The van der Waals surface area contributed by atoms with Crippen molar-refractivity contribution in [1.82, 2.24) is 0 Å². The largest absolute Gasteiger partial charge is 0.426 e. The monoisotopic (exact) mass is 404 g/mol. The highest BCUT2D eigenvalue weighted by Gasteiger charge is 2.64. The Labute approximate surface area is 177 Å². The average molecular weight is 405 g/mol. The molecule has 1 saturated carbocycles. The summed E-state index contributed by atoms with van der Waals surface area (Å²) >= 11 is 0. The summed E-state index contributed by atoms with van der Waals surface area (Å²) < 4.78 is 11.3. The van der Waals surface area contributed by atoms with Crippen LogP contribution in [-0.2, 0) is 22.4 Å². The van der Waals surface area contributed by atoms with Crippen molar-refractivity contribution < 1.29 is 19.1 Å². The molecule has 1 fully saturated rings. The predicted octanol–water partition coefficient (Wildman–Crippen LogP) is 5.32. The Morgan fingerprint density at radius 3 is 1.50 bits per heavy atom. The molecule has 1 aliphatic carbocycles. The van der Waals surface area contributed by atoms with Gasteiger partial charge in [0.1, 0.15) is 11.5 Å². The van der Waals surface area contributed by atoms with E-state index in [1.165, 1.54) is 11.1 Å². The van der Waals surface area contributed by atoms with Crippen LogP contribution in [0.1, 0.15) is 73.6 Å². The third-order valence-electron chi connectivity index (χ3n) is 7.02. The molecule has 0 N–H and O–H groups in total. The number of benzene rings is 2. The third kappa shape index (κ3) is 2.96. The van der Waals surface area contributed by atoms with E-state index in [0.717, 1.165) is 49.7 Å². The SMILES string of the molecule is CCCCc1ccc2c(c1)[C@@H]1[C@H](C(=O)O2)[C@H]2C(=O)Oc3ccc(CCCC)cc3[C@H]21. The molecule has 4 nitrogen and oxygen atoms in total. The maximum Gasteiger partial charge on any atom is 0.315 e. The maximum absolute atomic E-state index is 12.8. The summed E-state index contributed by atoms with van der Waals surface area (Å²) in [5, 5.41) is 0. The zero-order chi connectivity index (χ0) is 20.8. The number of fused-ring (bicyclic) bond motifs is 8. The van der Waals surface area contributed by atoms with Gasteiger partial charge < -0.3 is 9.47 Å². The first-order valence-electron chi connectivity index (χ1n) is 11.3. The third-order valence-corrected chi connectivity index (χ3v) is 7.02. The molecule has 0 unspecified atom stereocenters. The molecule has 3 aliphatic rings. The fourth-order valence-electron chi connectivity index (χ4n) is 5.44. The van der Waals surface area contributed by atoms with Gasteiger partial charge in [0.25, 0.3) is 0 Å². The number of aryl methyl sites for hydroxylation is 2. The van der Waals surface area contributed by atoms with Gasteiger partial charge in [-0.15, -0.1) is 0 Å². The first-order chi connectivity index (χ1) is 14.6. The van der Waals surface area contributed by atoms with Gasteiger partial charge in [0.05, 0.1) is 11.8 Å². The summed E-state index contributed by atoms with van der Waals surface area (Å²) in [6.07, 6.45) is 6.58. The lowest BCUT2D eigenvalue weighted by atomic mass is 9.51. The number of rotatable bonds is 6. The molecule has 4 heteroatoms. The van der Waals surface area contributed by atoms with Crippen LogP contribution in [0.15, 0.2) is 36.4 Å². The van der Waals surface area contributed by atoms with Gasteiger partial charge >= 0.3 is 11.9 Å². The van der Waals surface area contributed by atoms with E-state index < -0.39 is 11.8 Å². The molecule has 2 aliphatic heterocycles. The highest BCUT2D eigenvalue weighted by molar-refractivity contribution is 5.92. The molecule has 0 aromatic heterocycles. The molecule has 2 aromatic carbocycles. The van der Waals surface area contributed by atoms with E-state index in [9.17, 15) is 9.59 Å². The Morgan fingerprint density at radius 2 is 1.10 bits per heavy atom. The van der Waals surface area contributed by atoms with Crippen molar-refractivity contribution in [3.8, 4) is 11.5 Å². The summed E-state index contributed by atoms with van der Waals surface area (Å²) in [6, 6.07) is 12.4. The molecule has 4 atom stereocenters. The lowest BCUT2D eigenvalue weighted by Crippen LogP contribution is -2.57. The number of hydrogen-bond acceptors (Lipinski definition) is 4. The van der Waals surface area contributed by atoms with Crippen molar-refractivity contribution in [2.24, 2.45) is 11.8 Å². The summed E-state index contributed by atoms with van der Waals surface area (Å²) in [5.74, 6) is -0.185. The zero-order valence-electron chi connectivity index (χ0n) is 17.6. The van der Waals surface area contributed by atoms with E-state index in [1.54, 1.807) is 0 Å². The van der Waals surface area contributed by atoms with Gasteiger partial charge in [0.2, 0.25) is 0 Å². The second kappa shape index (κ2) is 7.57. The zero-order valence-corrected chi connectivity index (χ0v) is 17.6. The average Bonchev–Trinajstić information content (AvgIpc) is 2.72. The van der Waals surface area contributed by atoms with Gasteiger partial charge in [0, 0.05) is 11.8 Å². The highest BCUT2D eigenvalue weighted by atomic mass is 16.5. The van der Waals surface area contributed by atoms with Crippen molar-refractivity contribution in [3.05, 3.63) is 58.7 Å². The summed E-state index contributed by atoms with van der Waals surface area (Å²) in [5.41, 5.74) is 4.69. The Hall–Kier alpha value is -2.62. The molecule has 0 amide bonds. The fourth-order valence-corrected chi connectivity index (χ4v) is 5.44. The minimum Gasteiger partial charge on any atom is -0.426 e. The first kappa shape index (κ1) is 19.3. The molecular weight excluding hydrogens is 376 g/mol. The molecule has 0 saturated heterocycles. The van der Waals surface area contributed by atoms with Gasteiger partial charge in [-0.05, 0) is 60.1 Å². The Morgan fingerprint density at radius 1 is 0.667 bits per heavy atom. The molecule has 0 bridgehead atoms. The van der Waals surface area contributed by atoms with Gasteiger partial charge in [-0.25, -0.2) is 0 Å². The van der Waals surface area contributed by atoms with E-state index >= 15 is 0 Å². The second-order valence-electron chi connectivity index (χ2n) is 8.90. The molecule has 30 heavy (non-hydrogen) atoms. The van der Waals surface area contributed by atoms with Crippen molar-refractivity contribution >= 4 is 11.9 Å². The number of carbonyl (C=O) groups is 2. The van der Waals surface area contributed by atoms with E-state index in [-0.39, 0.29) is 23.8 Å². The van der Waals surface area contributed by atoms with Gasteiger partial charge in [-0.2, -0.15) is 0 Å². The van der Waals surface area contributed by atoms with Crippen molar-refractivity contribution in [2.75, 3.05) is 0 Å². The van der Waals surface area contributed by atoms with E-state index in [1.807, 2.05) is 12.1 Å². The van der Waals surface area contributed by atoms with Crippen LogP contribution >= 0.6 is 0 Å². The maximum atomic E-state index is 12.8. The van der Waals surface area contributed by atoms with Crippen molar-refractivity contribution in [2.45, 2.75) is 64.2 Å². The molecule has 5 rings (SSSR count). The number of hydrogen-bond donors (Lipinski definition) is 0. The summed E-state index contributed by atoms with van der Waals surface area (Å²) in [6.45, 7) is 4.38. The highest BCUT2D eigenvalue weighted by Crippen LogP contribution is 2.64. The van der Waals surface area contributed by atoms with Crippen LogP contribution in [0, 0.1) is 11.8 Å². The van der Waals surface area contributed by atoms with Gasteiger partial charge in [0.15, 0.2) is 0 Å². The van der Waals surface area contributed by atoms with Crippen LogP contribution in [0.4, 0.5) is 0 Å². The Kier molecular flexibility index (Phi) is 4.88. The molecule has 2 aromatic rings. The number of unbranched alkanes of at least 4 members (excludes halogenated alkanes) is 2. The molecule has 0 spiro atoms. The summed E-state index contributed by atoms with van der Waals surface area (Å²) in [4.78, 5) is 25.5. The van der Waals surface area contributed by atoms with Crippen LogP contribution in [0.2, 0.25) is 0 Å². The molecule has 156 valence electrons. The standard InChI is InChI=1S/C26H28O4/c1-3-5-7-15-9-11-19-17(13-15)21-22-18-14-16(8-6-4-2)10-12-20(18)30-26(28)24(22)23(21)25(27)29-19/h9-14,21-24H,3-8H2,1-2H3/t21-,22-,23-,24-/m0/s1. The lowest BCUT2D eigenvalue weighted by Gasteiger charge is -2.53. The Bertz CT molecular complexity index is 927. The molecular formula is C26H28O4. The fraction of sp³-hybridized carbons (Fsp3) is 0.462. The van der Waals surface area contributed by atoms with Crippen LogP contribution < -0.4 is 9.47 Å². The molecule has 0 radical (unpaired) electrons. The number of esters is 2. The minimum absolute atomic E-state index is 0.0131. The second-order valence-corrected chi connectivity index (χ2v) is 8.90. The van der Waals surface area contributed by atoms with Crippen molar-refractivity contribution in [3.63, 3.8) is 0 Å². The normalized spacial score (nSPS) is 25.8. The van der Waals surface area contributed by atoms with Crippen molar-refractivity contribution in [1.29, 1.82) is 0 Å². The Balaban J connectivity index is 1.56. The van der Waals surface area contributed by atoms with E-state index in [2.05, 4.69) is 38.1 Å². The van der Waals surface area contributed by atoms with Crippen LogP contribution in [0.3, 0.4) is 0 Å². The predicted molar refractivity (Wildman–Crippen MR) is 114 cm³/mol. The topological polar surface area (TPSA) is 52.6 Å². The number of ether oxygens (including phenoxy) is 2. The lowest BCUT2D eigenvalue weighted by molar-refractivity contribution is -0.165. The smallest absolute Gasteiger partial charge is 0.315 e.